The average molecular weight is 544 g/mol. The molecule has 0 fully saturated rings. The van der Waals surface area contributed by atoms with E-state index in [1.54, 1.807) is 31.3 Å². The van der Waals surface area contributed by atoms with Crippen LogP contribution in [-0.4, -0.2) is 45.3 Å². The fourth-order valence-electron chi connectivity index (χ4n) is 2.70. The van der Waals surface area contributed by atoms with Crippen LogP contribution in [0, 0.1) is 0 Å². The largest absolute Gasteiger partial charge is 0.490 e. The van der Waals surface area contributed by atoms with Crippen LogP contribution >= 0.6 is 35.0 Å². The maximum absolute atomic E-state index is 12.3. The quantitative estimate of drug-likeness (QED) is 0.360. The lowest BCUT2D eigenvalue weighted by atomic mass is 10.1. The molecule has 0 atom stereocenters. The minimum atomic E-state index is -5.08. The number of hydrogen-bond donors (Lipinski definition) is 3. The summed E-state index contributed by atoms with van der Waals surface area (Å²) in [5.41, 5.74) is 2.19. The maximum atomic E-state index is 12.3. The third-order valence-corrected chi connectivity index (χ3v) is 5.78. The fraction of sp³-hybridized carbons (Fsp3) is 0.0952. The van der Waals surface area contributed by atoms with Crippen molar-refractivity contribution in [3.63, 3.8) is 0 Å². The third-order valence-electron chi connectivity index (χ3n) is 4.25. The number of amides is 1. The van der Waals surface area contributed by atoms with Crippen molar-refractivity contribution in [3.8, 4) is 0 Å². The number of alkyl halides is 3. The lowest BCUT2D eigenvalue weighted by Gasteiger charge is -2.08. The van der Waals surface area contributed by atoms with Crippen molar-refractivity contribution in [2.45, 2.75) is 6.18 Å². The van der Waals surface area contributed by atoms with Gasteiger partial charge in [-0.15, -0.1) is 0 Å². The molecule has 1 amide bonds. The molecule has 35 heavy (non-hydrogen) atoms. The van der Waals surface area contributed by atoms with Crippen LogP contribution in [-0.2, 0) is 9.59 Å². The predicted molar refractivity (Wildman–Crippen MR) is 131 cm³/mol. The normalized spacial score (nSPS) is 14.4. The molecule has 0 bridgehead atoms. The predicted octanol–water partition coefficient (Wildman–Crippen LogP) is 5.69. The number of nitrogens with zero attached hydrogens (tertiary/aromatic N) is 3. The summed E-state index contributed by atoms with van der Waals surface area (Å²) in [5, 5.41) is 15.4. The first-order valence-electron chi connectivity index (χ1n) is 9.46. The molecule has 3 aromatic rings. The van der Waals surface area contributed by atoms with Gasteiger partial charge < -0.3 is 15.7 Å². The zero-order chi connectivity index (χ0) is 25.8. The Morgan fingerprint density at radius 2 is 1.80 bits per heavy atom. The van der Waals surface area contributed by atoms with E-state index in [1.165, 1.54) is 18.1 Å². The minimum absolute atomic E-state index is 0.325. The number of carboxylic acid groups (broad SMARTS) is 1. The molecule has 182 valence electrons. The Labute approximate surface area is 210 Å². The lowest BCUT2D eigenvalue weighted by molar-refractivity contribution is -0.192. The van der Waals surface area contributed by atoms with E-state index in [4.69, 9.17) is 33.1 Å². The molecule has 2 aromatic carbocycles. The van der Waals surface area contributed by atoms with Gasteiger partial charge in [0.1, 0.15) is 12.1 Å². The van der Waals surface area contributed by atoms with Crippen LogP contribution in [0.2, 0.25) is 10.0 Å². The summed E-state index contributed by atoms with van der Waals surface area (Å²) < 4.78 is 31.7. The number of amidine groups is 1. The number of hydrogen-bond acceptors (Lipinski definition) is 7. The molecular formula is C21H14Cl2F3N5O3S. The zero-order valence-corrected chi connectivity index (χ0v) is 19.9. The highest BCUT2D eigenvalue weighted by Gasteiger charge is 2.38. The molecule has 1 aromatic heterocycles. The Morgan fingerprint density at radius 1 is 1.14 bits per heavy atom. The van der Waals surface area contributed by atoms with Gasteiger partial charge in [0.25, 0.3) is 5.91 Å². The van der Waals surface area contributed by atoms with E-state index < -0.39 is 12.1 Å². The topological polar surface area (TPSA) is 117 Å². The lowest BCUT2D eigenvalue weighted by Crippen LogP contribution is -2.21. The first kappa shape index (κ1) is 26.3. The summed E-state index contributed by atoms with van der Waals surface area (Å²) in [4.78, 5) is 34.2. The van der Waals surface area contributed by atoms with Gasteiger partial charge in [-0.3, -0.25) is 4.79 Å². The second-order valence-electron chi connectivity index (χ2n) is 6.61. The number of aliphatic imine (C=N–C) groups is 1. The molecule has 14 heteroatoms. The summed E-state index contributed by atoms with van der Waals surface area (Å²) >= 11 is 13.6. The van der Waals surface area contributed by atoms with Crippen LogP contribution < -0.4 is 10.6 Å². The Kier molecular flexibility index (Phi) is 8.20. The van der Waals surface area contributed by atoms with Gasteiger partial charge in [0, 0.05) is 12.4 Å². The van der Waals surface area contributed by atoms with Gasteiger partial charge in [-0.25, -0.2) is 14.8 Å². The van der Waals surface area contributed by atoms with Gasteiger partial charge in [-0.1, -0.05) is 35.3 Å². The summed E-state index contributed by atoms with van der Waals surface area (Å²) in [5.74, 6) is -2.36. The van der Waals surface area contributed by atoms with Crippen LogP contribution in [0.4, 0.5) is 24.7 Å². The smallest absolute Gasteiger partial charge is 0.475 e. The van der Waals surface area contributed by atoms with Crippen molar-refractivity contribution in [2.24, 2.45) is 4.99 Å². The molecule has 2 heterocycles. The summed E-state index contributed by atoms with van der Waals surface area (Å²) in [6.45, 7) is 0. The molecule has 1 aliphatic rings. The maximum Gasteiger partial charge on any atom is 0.490 e. The first-order chi connectivity index (χ1) is 16.5. The van der Waals surface area contributed by atoms with Crippen molar-refractivity contribution >= 4 is 80.5 Å². The molecule has 4 rings (SSSR count). The number of anilines is 2. The molecule has 0 unspecified atom stereocenters. The average Bonchev–Trinajstić information content (AvgIpc) is 3.14. The van der Waals surface area contributed by atoms with E-state index in [2.05, 4.69) is 25.6 Å². The molecule has 0 radical (unpaired) electrons. The number of carbonyl (C=O) groups excluding carboxylic acids is 1. The van der Waals surface area contributed by atoms with Crippen LogP contribution in [0.3, 0.4) is 0 Å². The van der Waals surface area contributed by atoms with Gasteiger partial charge in [-0.2, -0.15) is 18.2 Å². The molecule has 0 saturated carbocycles. The third kappa shape index (κ3) is 6.62. The number of para-hydroxylation sites is 1. The number of thioether (sulfide) groups is 1. The number of carbonyl (C=O) groups is 2. The van der Waals surface area contributed by atoms with Crippen molar-refractivity contribution in [1.29, 1.82) is 0 Å². The van der Waals surface area contributed by atoms with Crippen molar-refractivity contribution in [2.75, 3.05) is 17.7 Å². The molecule has 3 N–H and O–H groups in total. The minimum Gasteiger partial charge on any atom is -0.475 e. The highest BCUT2D eigenvalue weighted by molar-refractivity contribution is 8.18. The molecule has 1 aliphatic heterocycles. The van der Waals surface area contributed by atoms with Gasteiger partial charge in [-0.05, 0) is 47.7 Å². The summed E-state index contributed by atoms with van der Waals surface area (Å²) in [6, 6.07) is 10.9. The number of benzene rings is 2. The van der Waals surface area contributed by atoms with Crippen LogP contribution in [0.5, 0.6) is 0 Å². The van der Waals surface area contributed by atoms with Crippen LogP contribution in [0.1, 0.15) is 5.56 Å². The molecule has 0 aliphatic carbocycles. The highest BCUT2D eigenvalue weighted by atomic mass is 35.5. The fourth-order valence-corrected chi connectivity index (χ4v) is 4.01. The van der Waals surface area contributed by atoms with E-state index >= 15 is 0 Å². The number of carboxylic acids is 1. The standard InChI is InChI=1S/C19H13Cl2N5OS.C2HF3O2/c1-22-17-11-7-10(5-6-14(11)23-9-24-17)8-15-18(27)26-19(28-15)25-16-12(20)3-2-4-13(16)21;3-2(4,5)1(6)7/h2-9H,1H3,(H,22,23,24)(H,25,26,27);(H,6,7). The molecule has 0 spiro atoms. The SMILES string of the molecule is CNc1ncnc2ccc(C=C3SC(Nc4c(Cl)cccc4Cl)=NC3=O)cc12.O=C(O)C(F)(F)F. The Morgan fingerprint density at radius 3 is 2.40 bits per heavy atom. The Bertz CT molecular complexity index is 1350. The summed E-state index contributed by atoms with van der Waals surface area (Å²) in [6.07, 6.45) is -1.79. The summed E-state index contributed by atoms with van der Waals surface area (Å²) in [7, 11) is 1.80. The second-order valence-corrected chi connectivity index (χ2v) is 8.45. The van der Waals surface area contributed by atoms with Gasteiger partial charge in [0.2, 0.25) is 0 Å². The molecule has 0 saturated heterocycles. The number of nitrogens with one attached hydrogen (secondary N) is 2. The van der Waals surface area contributed by atoms with Crippen molar-refractivity contribution in [1.82, 2.24) is 9.97 Å². The van der Waals surface area contributed by atoms with E-state index in [1.807, 2.05) is 18.2 Å². The molecule has 8 nitrogen and oxygen atoms in total. The van der Waals surface area contributed by atoms with Crippen LogP contribution in [0.25, 0.3) is 17.0 Å². The van der Waals surface area contributed by atoms with Crippen LogP contribution in [0.15, 0.2) is 52.6 Å². The Balaban J connectivity index is 0.000000429. The van der Waals surface area contributed by atoms with Gasteiger partial charge in [0.05, 0.1) is 26.2 Å². The molecular weight excluding hydrogens is 530 g/mol. The van der Waals surface area contributed by atoms with E-state index in [0.29, 0.717) is 25.8 Å². The Hall–Kier alpha value is -3.35. The zero-order valence-electron chi connectivity index (χ0n) is 17.5. The van der Waals surface area contributed by atoms with Crippen molar-refractivity contribution < 1.29 is 27.9 Å². The number of fused-ring (bicyclic) bond motifs is 1. The first-order valence-corrected chi connectivity index (χ1v) is 11.0. The number of aromatic nitrogens is 2. The number of rotatable bonds is 3. The number of halogens is 5. The van der Waals surface area contributed by atoms with Crippen molar-refractivity contribution in [3.05, 3.63) is 63.2 Å². The van der Waals surface area contributed by atoms with E-state index in [9.17, 15) is 18.0 Å². The number of aliphatic carboxylic acids is 1. The van der Waals surface area contributed by atoms with E-state index in [-0.39, 0.29) is 5.91 Å². The second kappa shape index (κ2) is 10.9. The van der Waals surface area contributed by atoms with E-state index in [0.717, 1.165) is 22.3 Å². The van der Waals surface area contributed by atoms with Gasteiger partial charge in [0.15, 0.2) is 5.17 Å². The van der Waals surface area contributed by atoms with Gasteiger partial charge >= 0.3 is 12.1 Å². The highest BCUT2D eigenvalue weighted by Crippen LogP contribution is 2.35. The monoisotopic (exact) mass is 543 g/mol.